The van der Waals surface area contributed by atoms with Crippen molar-refractivity contribution < 1.29 is 8.78 Å². The van der Waals surface area contributed by atoms with E-state index in [-0.39, 0.29) is 5.56 Å². The zero-order chi connectivity index (χ0) is 14.5. The number of para-hydroxylation sites is 1. The van der Waals surface area contributed by atoms with Crippen molar-refractivity contribution in [3.05, 3.63) is 84.6 Å². The number of hydrogen-bond acceptors (Lipinski definition) is 1. The Balaban J connectivity index is 2.55. The Hall–Kier alpha value is -2.42. The van der Waals surface area contributed by atoms with Gasteiger partial charge in [0.25, 0.3) is 0 Å². The van der Waals surface area contributed by atoms with Crippen molar-refractivity contribution in [1.29, 1.82) is 0 Å². The Bertz CT molecular complexity index is 612. The summed E-state index contributed by atoms with van der Waals surface area (Å²) in [7, 11) is 0. The van der Waals surface area contributed by atoms with Gasteiger partial charge >= 0.3 is 0 Å². The van der Waals surface area contributed by atoms with E-state index >= 15 is 0 Å². The van der Waals surface area contributed by atoms with Crippen LogP contribution in [0.25, 0.3) is 5.70 Å². The normalized spacial score (nSPS) is 11.2. The van der Waals surface area contributed by atoms with Gasteiger partial charge in [-0.05, 0) is 31.2 Å². The van der Waals surface area contributed by atoms with Gasteiger partial charge in [-0.2, -0.15) is 0 Å². The third-order valence-electron chi connectivity index (χ3n) is 2.97. The van der Waals surface area contributed by atoms with Crippen LogP contribution in [0.5, 0.6) is 0 Å². The van der Waals surface area contributed by atoms with Crippen molar-refractivity contribution in [3.8, 4) is 0 Å². The number of nitrogens with zero attached hydrogens (tertiary/aromatic N) is 1. The lowest BCUT2D eigenvalue weighted by Gasteiger charge is -2.24. The molecular weight excluding hydrogens is 256 g/mol. The molecule has 102 valence electrons. The lowest BCUT2D eigenvalue weighted by molar-refractivity contribution is 0.576. The number of halogens is 2. The van der Waals surface area contributed by atoms with Gasteiger partial charge in [0.2, 0.25) is 0 Å². The number of rotatable bonds is 4. The Morgan fingerprint density at radius 3 is 2.10 bits per heavy atom. The molecule has 0 aliphatic heterocycles. The summed E-state index contributed by atoms with van der Waals surface area (Å²) in [6.45, 7) is 5.47. The molecule has 0 radical (unpaired) electrons. The summed E-state index contributed by atoms with van der Waals surface area (Å²) in [5.41, 5.74) is 1.15. The highest BCUT2D eigenvalue weighted by Crippen LogP contribution is 2.29. The number of anilines is 1. The highest BCUT2D eigenvalue weighted by Gasteiger charge is 2.18. The first-order valence-electron chi connectivity index (χ1n) is 6.26. The van der Waals surface area contributed by atoms with E-state index in [1.165, 1.54) is 24.4 Å². The number of hydrogen-bond donors (Lipinski definition) is 0. The molecule has 0 N–H and O–H groups in total. The average molecular weight is 271 g/mol. The summed E-state index contributed by atoms with van der Waals surface area (Å²) in [4.78, 5) is 1.65. The van der Waals surface area contributed by atoms with E-state index in [1.807, 2.05) is 30.3 Å². The maximum atomic E-state index is 14.0. The zero-order valence-corrected chi connectivity index (χ0v) is 11.2. The molecule has 0 spiro atoms. The second-order valence-electron chi connectivity index (χ2n) is 4.16. The molecule has 20 heavy (non-hydrogen) atoms. The molecule has 0 atom stereocenters. The molecule has 1 nitrogen and oxygen atoms in total. The van der Waals surface area contributed by atoms with Crippen LogP contribution in [0.4, 0.5) is 14.5 Å². The summed E-state index contributed by atoms with van der Waals surface area (Å²) in [6, 6.07) is 13.1. The predicted molar refractivity (Wildman–Crippen MR) is 79.1 cm³/mol. The first kappa shape index (κ1) is 14.0. The van der Waals surface area contributed by atoms with Crippen LogP contribution in [0.15, 0.2) is 67.4 Å². The fourth-order valence-electron chi connectivity index (χ4n) is 2.08. The molecule has 2 aromatic carbocycles. The van der Waals surface area contributed by atoms with Gasteiger partial charge in [0.1, 0.15) is 11.6 Å². The van der Waals surface area contributed by atoms with Crippen LogP contribution < -0.4 is 4.90 Å². The van der Waals surface area contributed by atoms with Crippen molar-refractivity contribution in [2.24, 2.45) is 0 Å². The van der Waals surface area contributed by atoms with Crippen LogP contribution in [-0.4, -0.2) is 0 Å². The van der Waals surface area contributed by atoms with E-state index in [9.17, 15) is 8.78 Å². The molecule has 0 aliphatic rings. The fourth-order valence-corrected chi connectivity index (χ4v) is 2.08. The molecule has 0 aromatic heterocycles. The van der Waals surface area contributed by atoms with Crippen molar-refractivity contribution in [2.45, 2.75) is 6.92 Å². The van der Waals surface area contributed by atoms with E-state index in [2.05, 4.69) is 6.58 Å². The molecule has 0 amide bonds. The fraction of sp³-hybridized carbons (Fsp3) is 0.0588. The quantitative estimate of drug-likeness (QED) is 0.758. The van der Waals surface area contributed by atoms with Gasteiger partial charge in [-0.3, -0.25) is 0 Å². The minimum absolute atomic E-state index is 0.0567. The lowest BCUT2D eigenvalue weighted by atomic mass is 10.1. The predicted octanol–water partition coefficient (Wildman–Crippen LogP) is 4.98. The van der Waals surface area contributed by atoms with Crippen LogP contribution in [0.1, 0.15) is 12.5 Å². The standard InChI is InChI=1S/C17H15F2N/c1-3-16(17-14(18)11-8-12-15(17)19)20(4-2)13-9-6-5-7-10-13/h3-12H,2H2,1H3/b16-3-. The highest BCUT2D eigenvalue weighted by atomic mass is 19.1. The van der Waals surface area contributed by atoms with Gasteiger partial charge in [-0.25, -0.2) is 8.78 Å². The van der Waals surface area contributed by atoms with Crippen LogP contribution in [0.2, 0.25) is 0 Å². The summed E-state index contributed by atoms with van der Waals surface area (Å²) < 4.78 is 27.9. The van der Waals surface area contributed by atoms with E-state index in [4.69, 9.17) is 0 Å². The molecule has 0 heterocycles. The third-order valence-corrected chi connectivity index (χ3v) is 2.97. The van der Waals surface area contributed by atoms with Gasteiger partial charge in [0, 0.05) is 11.9 Å². The minimum atomic E-state index is -0.596. The average Bonchev–Trinajstić information content (AvgIpc) is 2.47. The molecular formula is C17H15F2N. The Morgan fingerprint density at radius 2 is 1.60 bits per heavy atom. The van der Waals surface area contributed by atoms with Gasteiger partial charge in [-0.15, -0.1) is 0 Å². The van der Waals surface area contributed by atoms with Crippen molar-refractivity contribution in [3.63, 3.8) is 0 Å². The van der Waals surface area contributed by atoms with E-state index in [0.29, 0.717) is 5.70 Å². The summed E-state index contributed by atoms with van der Waals surface area (Å²) in [6.07, 6.45) is 3.20. The van der Waals surface area contributed by atoms with Crippen molar-refractivity contribution in [1.82, 2.24) is 0 Å². The minimum Gasteiger partial charge on any atom is -0.317 e. The Labute approximate surface area is 117 Å². The topological polar surface area (TPSA) is 3.24 Å². The van der Waals surface area contributed by atoms with E-state index in [0.717, 1.165) is 5.69 Å². The van der Waals surface area contributed by atoms with E-state index < -0.39 is 11.6 Å². The Kier molecular flexibility index (Phi) is 4.31. The summed E-state index contributed by atoms with van der Waals surface area (Å²) in [5.74, 6) is -1.19. The van der Waals surface area contributed by atoms with Crippen LogP contribution in [-0.2, 0) is 0 Å². The van der Waals surface area contributed by atoms with Crippen LogP contribution >= 0.6 is 0 Å². The van der Waals surface area contributed by atoms with Crippen LogP contribution in [0.3, 0.4) is 0 Å². The number of benzene rings is 2. The second kappa shape index (κ2) is 6.15. The molecule has 3 heteroatoms. The summed E-state index contributed by atoms with van der Waals surface area (Å²) in [5, 5.41) is 0. The first-order valence-corrected chi connectivity index (χ1v) is 6.26. The number of allylic oxidation sites excluding steroid dienone is 1. The molecule has 0 unspecified atom stereocenters. The maximum Gasteiger partial charge on any atom is 0.135 e. The molecule has 0 saturated heterocycles. The SMILES string of the molecule is C=CN(/C(=C\C)c1c(F)cccc1F)c1ccccc1. The molecule has 0 aliphatic carbocycles. The smallest absolute Gasteiger partial charge is 0.135 e. The van der Waals surface area contributed by atoms with Crippen molar-refractivity contribution >= 4 is 11.4 Å². The molecule has 2 aromatic rings. The van der Waals surface area contributed by atoms with Gasteiger partial charge in [-0.1, -0.05) is 36.9 Å². The Morgan fingerprint density at radius 1 is 1.00 bits per heavy atom. The molecule has 2 rings (SSSR count). The third kappa shape index (κ3) is 2.62. The van der Waals surface area contributed by atoms with E-state index in [1.54, 1.807) is 17.9 Å². The highest BCUT2D eigenvalue weighted by molar-refractivity contribution is 5.81. The van der Waals surface area contributed by atoms with Crippen molar-refractivity contribution in [2.75, 3.05) is 4.90 Å². The molecule has 0 bridgehead atoms. The molecule has 0 saturated carbocycles. The van der Waals surface area contributed by atoms with Crippen LogP contribution in [0, 0.1) is 11.6 Å². The molecule has 0 fully saturated rings. The zero-order valence-electron chi connectivity index (χ0n) is 11.2. The van der Waals surface area contributed by atoms with Gasteiger partial charge in [0.05, 0.1) is 11.3 Å². The maximum absolute atomic E-state index is 14.0. The second-order valence-corrected chi connectivity index (χ2v) is 4.16. The lowest BCUT2D eigenvalue weighted by Crippen LogP contribution is -2.15. The largest absolute Gasteiger partial charge is 0.317 e. The summed E-state index contributed by atoms with van der Waals surface area (Å²) >= 11 is 0. The van der Waals surface area contributed by atoms with Gasteiger partial charge in [0.15, 0.2) is 0 Å². The van der Waals surface area contributed by atoms with Gasteiger partial charge < -0.3 is 4.90 Å². The first-order chi connectivity index (χ1) is 9.69. The monoisotopic (exact) mass is 271 g/mol.